The van der Waals surface area contributed by atoms with Gasteiger partial charge in [-0.05, 0) is 47.5 Å². The van der Waals surface area contributed by atoms with Crippen LogP contribution in [0.15, 0.2) is 66.7 Å². The molecule has 3 aromatic carbocycles. The highest BCUT2D eigenvalue weighted by Gasteiger charge is 2.12. The minimum atomic E-state index is -0.674. The summed E-state index contributed by atoms with van der Waals surface area (Å²) >= 11 is 6.12. The number of carbonyl (C=O) groups is 2. The van der Waals surface area contributed by atoms with Crippen molar-refractivity contribution in [3.8, 4) is 6.07 Å². The van der Waals surface area contributed by atoms with Crippen LogP contribution in [0, 0.1) is 11.3 Å². The van der Waals surface area contributed by atoms with E-state index in [9.17, 15) is 9.59 Å². The standard InChI is InChI=1S/C23H19ClN4O3/c24-19-9-18(22(29)27-20-7-16(12-25)6-17(8-20)13-26)10-21(11-19)28-23(30)31-14-15-4-2-1-3-5-15/h1-11H,12,14,25H2,(H,27,29)(H,28,30). The molecule has 8 heteroatoms. The zero-order chi connectivity index (χ0) is 22.2. The molecule has 0 bridgehead atoms. The summed E-state index contributed by atoms with van der Waals surface area (Å²) in [5.41, 5.74) is 8.55. The number of anilines is 2. The first kappa shape index (κ1) is 21.8. The van der Waals surface area contributed by atoms with Gasteiger partial charge >= 0.3 is 6.09 Å². The van der Waals surface area contributed by atoms with E-state index in [-0.39, 0.29) is 23.7 Å². The molecule has 0 radical (unpaired) electrons. The number of amides is 2. The van der Waals surface area contributed by atoms with Crippen molar-refractivity contribution in [2.75, 3.05) is 10.6 Å². The molecule has 0 heterocycles. The van der Waals surface area contributed by atoms with E-state index in [0.29, 0.717) is 22.5 Å². The Bertz CT molecular complexity index is 1140. The Morgan fingerprint density at radius 2 is 1.71 bits per heavy atom. The first-order valence-corrected chi connectivity index (χ1v) is 9.68. The van der Waals surface area contributed by atoms with Crippen LogP contribution in [0.1, 0.15) is 27.0 Å². The summed E-state index contributed by atoms with van der Waals surface area (Å²) in [6.45, 7) is 0.341. The fourth-order valence-electron chi connectivity index (χ4n) is 2.82. The van der Waals surface area contributed by atoms with Crippen LogP contribution >= 0.6 is 11.6 Å². The molecule has 0 saturated carbocycles. The number of hydrogen-bond donors (Lipinski definition) is 3. The Morgan fingerprint density at radius 3 is 2.42 bits per heavy atom. The average molecular weight is 435 g/mol. The number of benzene rings is 3. The molecule has 0 unspecified atom stereocenters. The highest BCUT2D eigenvalue weighted by atomic mass is 35.5. The third kappa shape index (κ3) is 6.31. The van der Waals surface area contributed by atoms with Gasteiger partial charge in [-0.1, -0.05) is 41.9 Å². The molecule has 0 aromatic heterocycles. The van der Waals surface area contributed by atoms with E-state index in [1.54, 1.807) is 18.2 Å². The normalized spacial score (nSPS) is 10.1. The van der Waals surface area contributed by atoms with Crippen molar-refractivity contribution < 1.29 is 14.3 Å². The zero-order valence-electron chi connectivity index (χ0n) is 16.4. The molecule has 31 heavy (non-hydrogen) atoms. The maximum atomic E-state index is 12.7. The lowest BCUT2D eigenvalue weighted by molar-refractivity contribution is 0.102. The molecule has 0 spiro atoms. The van der Waals surface area contributed by atoms with E-state index in [4.69, 9.17) is 27.3 Å². The van der Waals surface area contributed by atoms with Crippen molar-refractivity contribution in [3.05, 3.63) is 94.0 Å². The van der Waals surface area contributed by atoms with Crippen LogP contribution in [0.5, 0.6) is 0 Å². The SMILES string of the molecule is N#Cc1cc(CN)cc(NC(=O)c2cc(Cl)cc(NC(=O)OCc3ccccc3)c2)c1. The molecule has 0 atom stereocenters. The number of nitrogens with two attached hydrogens (primary N) is 1. The van der Waals surface area contributed by atoms with Gasteiger partial charge in [-0.2, -0.15) is 5.26 Å². The number of ether oxygens (including phenoxy) is 1. The molecule has 4 N–H and O–H groups in total. The predicted molar refractivity (Wildman–Crippen MR) is 119 cm³/mol. The van der Waals surface area contributed by atoms with Crippen LogP contribution in [-0.4, -0.2) is 12.0 Å². The second kappa shape index (κ2) is 10.3. The van der Waals surface area contributed by atoms with Crippen molar-refractivity contribution >= 4 is 35.0 Å². The summed E-state index contributed by atoms with van der Waals surface area (Å²) in [6.07, 6.45) is -0.674. The summed E-state index contributed by atoms with van der Waals surface area (Å²) in [6, 6.07) is 20.6. The number of nitriles is 1. The Hall–Kier alpha value is -3.86. The molecular formula is C23H19ClN4O3. The van der Waals surface area contributed by atoms with Gasteiger partial charge in [0.2, 0.25) is 0 Å². The van der Waals surface area contributed by atoms with Gasteiger partial charge in [-0.25, -0.2) is 4.79 Å². The van der Waals surface area contributed by atoms with E-state index in [1.807, 2.05) is 36.4 Å². The van der Waals surface area contributed by atoms with Gasteiger partial charge in [0.15, 0.2) is 0 Å². The third-order valence-corrected chi connectivity index (χ3v) is 4.45. The zero-order valence-corrected chi connectivity index (χ0v) is 17.1. The Morgan fingerprint density at radius 1 is 0.968 bits per heavy atom. The van der Waals surface area contributed by atoms with E-state index in [0.717, 1.165) is 5.56 Å². The van der Waals surface area contributed by atoms with Gasteiger partial charge in [-0.15, -0.1) is 0 Å². The Balaban J connectivity index is 1.69. The number of nitrogens with zero attached hydrogens (tertiary/aromatic N) is 1. The lowest BCUT2D eigenvalue weighted by Crippen LogP contribution is -2.16. The average Bonchev–Trinajstić information content (AvgIpc) is 2.77. The molecule has 3 aromatic rings. The fourth-order valence-corrected chi connectivity index (χ4v) is 3.05. The van der Waals surface area contributed by atoms with Gasteiger partial charge in [0, 0.05) is 28.5 Å². The van der Waals surface area contributed by atoms with Crippen LogP contribution in [0.4, 0.5) is 16.2 Å². The van der Waals surface area contributed by atoms with Crippen molar-refractivity contribution in [1.29, 1.82) is 5.26 Å². The van der Waals surface area contributed by atoms with Gasteiger partial charge in [0.05, 0.1) is 11.6 Å². The summed E-state index contributed by atoms with van der Waals surface area (Å²) in [4.78, 5) is 24.8. The lowest BCUT2D eigenvalue weighted by atomic mass is 10.1. The van der Waals surface area contributed by atoms with Crippen LogP contribution in [0.2, 0.25) is 5.02 Å². The maximum absolute atomic E-state index is 12.7. The van der Waals surface area contributed by atoms with Crippen molar-refractivity contribution in [2.24, 2.45) is 5.73 Å². The van der Waals surface area contributed by atoms with Crippen LogP contribution in [0.25, 0.3) is 0 Å². The Kier molecular flexibility index (Phi) is 7.22. The molecule has 0 aliphatic rings. The number of nitrogens with one attached hydrogen (secondary N) is 2. The van der Waals surface area contributed by atoms with Crippen LogP contribution < -0.4 is 16.4 Å². The molecular weight excluding hydrogens is 416 g/mol. The fraction of sp³-hybridized carbons (Fsp3) is 0.0870. The summed E-state index contributed by atoms with van der Waals surface area (Å²) in [7, 11) is 0. The predicted octanol–water partition coefficient (Wildman–Crippen LogP) is 4.67. The maximum Gasteiger partial charge on any atom is 0.411 e. The smallest absolute Gasteiger partial charge is 0.411 e. The number of rotatable bonds is 6. The molecule has 3 rings (SSSR count). The molecule has 0 fully saturated rings. The van der Waals surface area contributed by atoms with Gasteiger partial charge in [0.25, 0.3) is 5.91 Å². The molecule has 2 amide bonds. The largest absolute Gasteiger partial charge is 0.444 e. The molecule has 0 aliphatic heterocycles. The monoisotopic (exact) mass is 434 g/mol. The van der Waals surface area contributed by atoms with Crippen molar-refractivity contribution in [2.45, 2.75) is 13.2 Å². The highest BCUT2D eigenvalue weighted by molar-refractivity contribution is 6.31. The number of carbonyl (C=O) groups excluding carboxylic acids is 2. The molecule has 0 saturated heterocycles. The van der Waals surface area contributed by atoms with Gasteiger partial charge < -0.3 is 15.8 Å². The van der Waals surface area contributed by atoms with E-state index >= 15 is 0 Å². The van der Waals surface area contributed by atoms with Gasteiger partial charge in [-0.3, -0.25) is 10.1 Å². The van der Waals surface area contributed by atoms with E-state index in [1.165, 1.54) is 18.2 Å². The minimum absolute atomic E-state index is 0.110. The minimum Gasteiger partial charge on any atom is -0.444 e. The molecule has 156 valence electrons. The third-order valence-electron chi connectivity index (χ3n) is 4.23. The quantitative estimate of drug-likeness (QED) is 0.521. The lowest BCUT2D eigenvalue weighted by Gasteiger charge is -2.11. The first-order chi connectivity index (χ1) is 15.0. The summed E-state index contributed by atoms with van der Waals surface area (Å²) in [5, 5.41) is 14.7. The van der Waals surface area contributed by atoms with Crippen molar-refractivity contribution in [1.82, 2.24) is 0 Å². The first-order valence-electron chi connectivity index (χ1n) is 9.30. The number of hydrogen-bond acceptors (Lipinski definition) is 5. The summed E-state index contributed by atoms with van der Waals surface area (Å²) < 4.78 is 5.18. The number of halogens is 1. The van der Waals surface area contributed by atoms with E-state index < -0.39 is 12.0 Å². The second-order valence-electron chi connectivity index (χ2n) is 6.60. The second-order valence-corrected chi connectivity index (χ2v) is 7.04. The van der Waals surface area contributed by atoms with Gasteiger partial charge in [0.1, 0.15) is 6.61 Å². The summed E-state index contributed by atoms with van der Waals surface area (Å²) in [5.74, 6) is -0.457. The van der Waals surface area contributed by atoms with Crippen molar-refractivity contribution in [3.63, 3.8) is 0 Å². The van der Waals surface area contributed by atoms with Crippen LogP contribution in [0.3, 0.4) is 0 Å². The highest BCUT2D eigenvalue weighted by Crippen LogP contribution is 2.21. The Labute approximate surface area is 184 Å². The topological polar surface area (TPSA) is 117 Å². The molecule has 0 aliphatic carbocycles. The molecule has 7 nitrogen and oxygen atoms in total. The van der Waals surface area contributed by atoms with E-state index in [2.05, 4.69) is 10.6 Å². The van der Waals surface area contributed by atoms with Crippen LogP contribution in [-0.2, 0) is 17.9 Å².